The highest BCUT2D eigenvalue weighted by Crippen LogP contribution is 2.35. The third-order valence-corrected chi connectivity index (χ3v) is 5.32. The van der Waals surface area contributed by atoms with Gasteiger partial charge in [0, 0.05) is 15.2 Å². The molecule has 4 aromatic rings. The first-order valence-corrected chi connectivity index (χ1v) is 8.99. The summed E-state index contributed by atoms with van der Waals surface area (Å²) in [7, 11) is 0. The van der Waals surface area contributed by atoms with Gasteiger partial charge in [-0.3, -0.25) is 0 Å². The molecule has 1 aliphatic carbocycles. The zero-order valence-corrected chi connectivity index (χ0v) is 14.6. The molecular weight excluding hydrogens is 360 g/mol. The number of hydrogen-bond acceptors (Lipinski definition) is 1. The van der Waals surface area contributed by atoms with Gasteiger partial charge in [0.25, 0.3) is 0 Å². The van der Waals surface area contributed by atoms with Crippen LogP contribution in [0.15, 0.2) is 69.6 Å². The molecule has 0 unspecified atom stereocenters. The summed E-state index contributed by atoms with van der Waals surface area (Å²) in [6, 6.07) is 19.4. The molecular formula is C22H15BrO. The summed E-state index contributed by atoms with van der Waals surface area (Å²) >= 11 is 3.50. The number of benzene rings is 3. The normalized spacial score (nSPS) is 13.5. The van der Waals surface area contributed by atoms with E-state index in [1.807, 2.05) is 0 Å². The molecule has 1 aliphatic rings. The van der Waals surface area contributed by atoms with Gasteiger partial charge < -0.3 is 4.42 Å². The summed E-state index contributed by atoms with van der Waals surface area (Å²) in [5, 5.41) is 2.42. The van der Waals surface area contributed by atoms with E-state index in [1.54, 1.807) is 0 Å². The molecule has 0 N–H and O–H groups in total. The fourth-order valence-corrected chi connectivity index (χ4v) is 3.79. The van der Waals surface area contributed by atoms with E-state index in [4.69, 9.17) is 4.42 Å². The molecule has 1 heterocycles. The Morgan fingerprint density at radius 1 is 0.792 bits per heavy atom. The number of fused-ring (bicyclic) bond motifs is 4. The summed E-state index contributed by atoms with van der Waals surface area (Å²) in [4.78, 5) is 0. The van der Waals surface area contributed by atoms with Crippen molar-refractivity contribution in [3.63, 3.8) is 0 Å². The molecule has 1 nitrogen and oxygen atoms in total. The van der Waals surface area contributed by atoms with Crippen molar-refractivity contribution in [3.8, 4) is 11.1 Å². The van der Waals surface area contributed by atoms with Crippen LogP contribution in [-0.4, -0.2) is 0 Å². The van der Waals surface area contributed by atoms with Crippen LogP contribution in [0.1, 0.15) is 17.5 Å². The number of aryl methyl sites for hydroxylation is 1. The van der Waals surface area contributed by atoms with Crippen molar-refractivity contribution < 1.29 is 4.42 Å². The van der Waals surface area contributed by atoms with Gasteiger partial charge in [-0.1, -0.05) is 46.3 Å². The number of rotatable bonds is 1. The van der Waals surface area contributed by atoms with E-state index in [1.165, 1.54) is 33.0 Å². The molecule has 0 fully saturated rings. The Balaban J connectivity index is 1.74. The van der Waals surface area contributed by atoms with Gasteiger partial charge in [-0.25, -0.2) is 0 Å². The van der Waals surface area contributed by atoms with Crippen molar-refractivity contribution in [2.24, 2.45) is 0 Å². The zero-order chi connectivity index (χ0) is 16.1. The van der Waals surface area contributed by atoms with Gasteiger partial charge in [0.1, 0.15) is 11.2 Å². The summed E-state index contributed by atoms with van der Waals surface area (Å²) in [6.07, 6.45) is 6.68. The van der Waals surface area contributed by atoms with E-state index in [0.717, 1.165) is 28.5 Å². The first-order valence-electron chi connectivity index (χ1n) is 8.20. The lowest BCUT2D eigenvalue weighted by Crippen LogP contribution is -1.92. The summed E-state index contributed by atoms with van der Waals surface area (Å²) in [6.45, 7) is 0. The van der Waals surface area contributed by atoms with Gasteiger partial charge in [-0.2, -0.15) is 0 Å². The largest absolute Gasteiger partial charge is 0.456 e. The quantitative estimate of drug-likeness (QED) is 0.350. The molecule has 0 bridgehead atoms. The van der Waals surface area contributed by atoms with Crippen LogP contribution in [0.5, 0.6) is 0 Å². The molecule has 2 heteroatoms. The van der Waals surface area contributed by atoms with E-state index >= 15 is 0 Å². The van der Waals surface area contributed by atoms with Crippen LogP contribution in [0.3, 0.4) is 0 Å². The van der Waals surface area contributed by atoms with Crippen LogP contribution < -0.4 is 0 Å². The maximum atomic E-state index is 6.09. The predicted molar refractivity (Wildman–Crippen MR) is 104 cm³/mol. The molecule has 5 rings (SSSR count). The van der Waals surface area contributed by atoms with Gasteiger partial charge in [-0.15, -0.1) is 0 Å². The first kappa shape index (κ1) is 14.1. The Morgan fingerprint density at radius 2 is 1.58 bits per heavy atom. The Bertz CT molecular complexity index is 1100. The van der Waals surface area contributed by atoms with E-state index in [9.17, 15) is 0 Å². The second kappa shape index (κ2) is 5.35. The van der Waals surface area contributed by atoms with Crippen LogP contribution >= 0.6 is 15.9 Å². The van der Waals surface area contributed by atoms with Crippen LogP contribution in [0.25, 0.3) is 39.1 Å². The highest BCUT2D eigenvalue weighted by molar-refractivity contribution is 9.10. The molecule has 0 amide bonds. The van der Waals surface area contributed by atoms with E-state index < -0.39 is 0 Å². The minimum Gasteiger partial charge on any atom is -0.456 e. The number of allylic oxidation sites excluding steroid dienone is 1. The SMILES string of the molecule is Brc1ccc(-c2ccc3oc4cc5c(cc4c3c2)CCC=C5)cc1. The zero-order valence-electron chi connectivity index (χ0n) is 13.1. The molecule has 0 spiro atoms. The Morgan fingerprint density at radius 3 is 2.46 bits per heavy atom. The topological polar surface area (TPSA) is 13.1 Å². The third kappa shape index (κ3) is 2.22. The fraction of sp³-hybridized carbons (Fsp3) is 0.0909. The average molecular weight is 375 g/mol. The van der Waals surface area contributed by atoms with E-state index in [2.05, 4.69) is 82.7 Å². The highest BCUT2D eigenvalue weighted by atomic mass is 79.9. The highest BCUT2D eigenvalue weighted by Gasteiger charge is 2.13. The lowest BCUT2D eigenvalue weighted by Gasteiger charge is -2.09. The van der Waals surface area contributed by atoms with Crippen LogP contribution in [0, 0.1) is 0 Å². The lowest BCUT2D eigenvalue weighted by atomic mass is 9.95. The maximum Gasteiger partial charge on any atom is 0.136 e. The third-order valence-electron chi connectivity index (χ3n) is 4.79. The number of hydrogen-bond donors (Lipinski definition) is 0. The van der Waals surface area contributed by atoms with Crippen LogP contribution in [0.2, 0.25) is 0 Å². The van der Waals surface area contributed by atoms with Crippen molar-refractivity contribution in [3.05, 3.63) is 76.3 Å². The second-order valence-corrected chi connectivity index (χ2v) is 7.22. The maximum absolute atomic E-state index is 6.09. The first-order chi connectivity index (χ1) is 11.8. The van der Waals surface area contributed by atoms with Crippen molar-refractivity contribution in [2.75, 3.05) is 0 Å². The molecule has 24 heavy (non-hydrogen) atoms. The second-order valence-electron chi connectivity index (χ2n) is 6.31. The molecule has 1 aromatic heterocycles. The average Bonchev–Trinajstić information content (AvgIpc) is 2.97. The van der Waals surface area contributed by atoms with Crippen molar-refractivity contribution in [1.29, 1.82) is 0 Å². The van der Waals surface area contributed by atoms with Crippen molar-refractivity contribution >= 4 is 43.9 Å². The number of halogens is 1. The molecule has 0 atom stereocenters. The minimum absolute atomic E-state index is 0.956. The van der Waals surface area contributed by atoms with Gasteiger partial charge in [0.15, 0.2) is 0 Å². The molecule has 0 saturated carbocycles. The molecule has 3 aromatic carbocycles. The fourth-order valence-electron chi connectivity index (χ4n) is 3.53. The lowest BCUT2D eigenvalue weighted by molar-refractivity contribution is 0.668. The summed E-state index contributed by atoms with van der Waals surface area (Å²) in [5.41, 5.74) is 7.08. The number of furan rings is 1. The van der Waals surface area contributed by atoms with E-state index in [-0.39, 0.29) is 0 Å². The summed E-state index contributed by atoms with van der Waals surface area (Å²) < 4.78 is 7.19. The van der Waals surface area contributed by atoms with E-state index in [0.29, 0.717) is 0 Å². The van der Waals surface area contributed by atoms with Gasteiger partial charge in [-0.05, 0) is 71.5 Å². The van der Waals surface area contributed by atoms with Gasteiger partial charge in [0.2, 0.25) is 0 Å². The Labute approximate surface area is 148 Å². The smallest absolute Gasteiger partial charge is 0.136 e. The van der Waals surface area contributed by atoms with Crippen molar-refractivity contribution in [1.82, 2.24) is 0 Å². The Kier molecular flexibility index (Phi) is 3.14. The van der Waals surface area contributed by atoms with Crippen LogP contribution in [0.4, 0.5) is 0 Å². The Hall–Kier alpha value is -2.32. The predicted octanol–water partition coefficient (Wildman–Crippen LogP) is 6.97. The van der Waals surface area contributed by atoms with Crippen molar-refractivity contribution in [2.45, 2.75) is 12.8 Å². The molecule has 0 aliphatic heterocycles. The van der Waals surface area contributed by atoms with Crippen LogP contribution in [-0.2, 0) is 6.42 Å². The van der Waals surface area contributed by atoms with Gasteiger partial charge in [0.05, 0.1) is 0 Å². The monoisotopic (exact) mass is 374 g/mol. The minimum atomic E-state index is 0.956. The molecule has 0 saturated heterocycles. The van der Waals surface area contributed by atoms with Gasteiger partial charge >= 0.3 is 0 Å². The molecule has 116 valence electrons. The standard InChI is InChI=1S/C22H15BrO/c23-18-8-5-14(6-9-18)17-7-10-21-19(12-17)20-11-15-3-1-2-4-16(15)13-22(20)24-21/h2,4-13H,1,3H2. The summed E-state index contributed by atoms with van der Waals surface area (Å²) in [5.74, 6) is 0. The molecule has 0 radical (unpaired) electrons.